The van der Waals surface area contributed by atoms with E-state index in [2.05, 4.69) is 0 Å². The van der Waals surface area contributed by atoms with Crippen molar-refractivity contribution in [2.45, 2.75) is 37.4 Å². The van der Waals surface area contributed by atoms with Crippen LogP contribution in [0.4, 0.5) is 0 Å². The van der Waals surface area contributed by atoms with Crippen LogP contribution in [-0.4, -0.2) is 34.9 Å². The van der Waals surface area contributed by atoms with E-state index in [1.54, 1.807) is 0 Å². The van der Waals surface area contributed by atoms with Crippen LogP contribution in [0.5, 0.6) is 0 Å². The van der Waals surface area contributed by atoms with E-state index >= 15 is 0 Å². The zero-order valence-corrected chi connectivity index (χ0v) is 8.81. The van der Waals surface area contributed by atoms with Crippen LogP contribution in [0.1, 0.15) is 32.1 Å². The summed E-state index contributed by atoms with van der Waals surface area (Å²) < 4.78 is 0. The summed E-state index contributed by atoms with van der Waals surface area (Å²) in [5.74, 6) is 1.09. The second-order valence-corrected chi connectivity index (χ2v) is 5.24. The molecule has 0 N–H and O–H groups in total. The normalized spacial score (nSPS) is 23.2. The molecule has 74 valence electrons. The topological polar surface area (TPSA) is 20.3 Å². The SMILES string of the molecule is O=C(CSC1CCCC1)N1CCC1. The molecule has 1 saturated heterocycles. The Kier molecular flexibility index (Phi) is 3.14. The maximum atomic E-state index is 11.5. The number of carbonyl (C=O) groups is 1. The highest BCUT2D eigenvalue weighted by atomic mass is 32.2. The summed E-state index contributed by atoms with van der Waals surface area (Å²) in [6.45, 7) is 2.01. The monoisotopic (exact) mass is 199 g/mol. The van der Waals surface area contributed by atoms with Gasteiger partial charge in [0.15, 0.2) is 0 Å². The molecule has 2 fully saturated rings. The Labute approximate surface area is 84.1 Å². The third-order valence-electron chi connectivity index (χ3n) is 2.95. The van der Waals surface area contributed by atoms with Gasteiger partial charge in [0.1, 0.15) is 0 Å². The van der Waals surface area contributed by atoms with Gasteiger partial charge in [-0.05, 0) is 19.3 Å². The summed E-state index contributed by atoms with van der Waals surface area (Å²) >= 11 is 1.88. The summed E-state index contributed by atoms with van der Waals surface area (Å²) in [6.07, 6.45) is 6.61. The zero-order valence-electron chi connectivity index (χ0n) is 8.00. The summed E-state index contributed by atoms with van der Waals surface area (Å²) in [5, 5.41) is 0.783. The van der Waals surface area contributed by atoms with Crippen LogP contribution in [0.15, 0.2) is 0 Å². The maximum absolute atomic E-state index is 11.5. The molecule has 2 rings (SSSR count). The Hall–Kier alpha value is -0.180. The number of carbonyl (C=O) groups excluding carboxylic acids is 1. The van der Waals surface area contributed by atoms with Gasteiger partial charge in [0.25, 0.3) is 0 Å². The van der Waals surface area contributed by atoms with Crippen molar-refractivity contribution < 1.29 is 4.79 Å². The van der Waals surface area contributed by atoms with E-state index in [1.807, 2.05) is 16.7 Å². The van der Waals surface area contributed by atoms with Gasteiger partial charge in [0.05, 0.1) is 5.75 Å². The quantitative estimate of drug-likeness (QED) is 0.692. The lowest BCUT2D eigenvalue weighted by atomic mass is 10.2. The smallest absolute Gasteiger partial charge is 0.232 e. The number of amides is 1. The van der Waals surface area contributed by atoms with Crippen molar-refractivity contribution in [2.75, 3.05) is 18.8 Å². The minimum atomic E-state index is 0.364. The highest BCUT2D eigenvalue weighted by Crippen LogP contribution is 2.29. The zero-order chi connectivity index (χ0) is 9.10. The third kappa shape index (κ3) is 2.39. The lowest BCUT2D eigenvalue weighted by Crippen LogP contribution is -2.43. The van der Waals surface area contributed by atoms with Crippen molar-refractivity contribution in [2.24, 2.45) is 0 Å². The first-order valence-electron chi connectivity index (χ1n) is 5.25. The second kappa shape index (κ2) is 4.36. The molecule has 0 atom stereocenters. The highest BCUT2D eigenvalue weighted by Gasteiger charge is 2.22. The van der Waals surface area contributed by atoms with E-state index < -0.39 is 0 Å². The average molecular weight is 199 g/mol. The van der Waals surface area contributed by atoms with Crippen molar-refractivity contribution in [1.29, 1.82) is 0 Å². The lowest BCUT2D eigenvalue weighted by Gasteiger charge is -2.31. The Morgan fingerprint density at radius 3 is 2.46 bits per heavy atom. The van der Waals surface area contributed by atoms with Gasteiger partial charge in [0.2, 0.25) is 5.91 Å². The van der Waals surface area contributed by atoms with E-state index in [1.165, 1.54) is 32.1 Å². The van der Waals surface area contributed by atoms with Gasteiger partial charge in [-0.25, -0.2) is 0 Å². The van der Waals surface area contributed by atoms with Crippen LogP contribution in [0, 0.1) is 0 Å². The molecule has 2 nitrogen and oxygen atoms in total. The number of hydrogen-bond donors (Lipinski definition) is 0. The first kappa shape index (κ1) is 9.38. The number of thioether (sulfide) groups is 1. The molecule has 1 amide bonds. The van der Waals surface area contributed by atoms with Gasteiger partial charge in [-0.3, -0.25) is 4.79 Å². The van der Waals surface area contributed by atoms with Crippen molar-refractivity contribution in [3.63, 3.8) is 0 Å². The Bertz CT molecular complexity index is 185. The van der Waals surface area contributed by atoms with Crippen LogP contribution in [-0.2, 0) is 4.79 Å². The molecule has 0 radical (unpaired) electrons. The van der Waals surface area contributed by atoms with E-state index in [0.29, 0.717) is 5.91 Å². The highest BCUT2D eigenvalue weighted by molar-refractivity contribution is 8.00. The standard InChI is InChI=1S/C10H17NOS/c12-10(11-6-3-7-11)8-13-9-4-1-2-5-9/h9H,1-8H2. The third-order valence-corrected chi connectivity index (χ3v) is 4.31. The number of nitrogens with zero attached hydrogens (tertiary/aromatic N) is 1. The van der Waals surface area contributed by atoms with Gasteiger partial charge in [-0.2, -0.15) is 0 Å². The Morgan fingerprint density at radius 2 is 1.92 bits per heavy atom. The van der Waals surface area contributed by atoms with Gasteiger partial charge in [0, 0.05) is 18.3 Å². The Morgan fingerprint density at radius 1 is 1.23 bits per heavy atom. The second-order valence-electron chi connectivity index (χ2n) is 3.95. The van der Waals surface area contributed by atoms with Crippen molar-refractivity contribution in [3.8, 4) is 0 Å². The molecular formula is C10H17NOS. The molecular weight excluding hydrogens is 182 g/mol. The number of likely N-dealkylation sites (tertiary alicyclic amines) is 1. The van der Waals surface area contributed by atoms with Gasteiger partial charge in [-0.1, -0.05) is 12.8 Å². The van der Waals surface area contributed by atoms with E-state index in [4.69, 9.17) is 0 Å². The summed E-state index contributed by atoms with van der Waals surface area (Å²) in [7, 11) is 0. The van der Waals surface area contributed by atoms with E-state index in [-0.39, 0.29) is 0 Å². The predicted octanol–water partition coefficient (Wildman–Crippen LogP) is 1.89. The first-order chi connectivity index (χ1) is 6.36. The number of rotatable bonds is 3. The molecule has 0 aromatic rings. The van der Waals surface area contributed by atoms with Gasteiger partial charge >= 0.3 is 0 Å². The summed E-state index contributed by atoms with van der Waals surface area (Å²) in [5.41, 5.74) is 0. The molecule has 0 aromatic carbocycles. The molecule has 0 bridgehead atoms. The van der Waals surface area contributed by atoms with Crippen LogP contribution in [0.25, 0.3) is 0 Å². The fraction of sp³-hybridized carbons (Fsp3) is 0.900. The van der Waals surface area contributed by atoms with Crippen LogP contribution < -0.4 is 0 Å². The molecule has 0 spiro atoms. The molecule has 1 heterocycles. The molecule has 3 heteroatoms. The summed E-state index contributed by atoms with van der Waals surface area (Å²) in [4.78, 5) is 13.5. The van der Waals surface area contributed by atoms with Crippen LogP contribution in [0.3, 0.4) is 0 Å². The molecule has 0 unspecified atom stereocenters. The van der Waals surface area contributed by atoms with Crippen LogP contribution in [0.2, 0.25) is 0 Å². The fourth-order valence-corrected chi connectivity index (χ4v) is 3.13. The fourth-order valence-electron chi connectivity index (χ4n) is 1.90. The van der Waals surface area contributed by atoms with Crippen LogP contribution >= 0.6 is 11.8 Å². The molecule has 1 saturated carbocycles. The van der Waals surface area contributed by atoms with Gasteiger partial charge in [-0.15, -0.1) is 11.8 Å². The Balaban J connectivity index is 1.63. The molecule has 0 aromatic heterocycles. The lowest BCUT2D eigenvalue weighted by molar-refractivity contribution is -0.131. The minimum Gasteiger partial charge on any atom is -0.342 e. The molecule has 1 aliphatic heterocycles. The molecule has 2 aliphatic rings. The predicted molar refractivity (Wildman–Crippen MR) is 55.9 cm³/mol. The van der Waals surface area contributed by atoms with Crippen molar-refractivity contribution >= 4 is 17.7 Å². The number of hydrogen-bond acceptors (Lipinski definition) is 2. The largest absolute Gasteiger partial charge is 0.342 e. The van der Waals surface area contributed by atoms with E-state index in [9.17, 15) is 4.79 Å². The van der Waals surface area contributed by atoms with Crippen molar-refractivity contribution in [3.05, 3.63) is 0 Å². The van der Waals surface area contributed by atoms with Gasteiger partial charge < -0.3 is 4.90 Å². The molecule has 1 aliphatic carbocycles. The minimum absolute atomic E-state index is 0.364. The average Bonchev–Trinajstić information content (AvgIpc) is 2.49. The van der Waals surface area contributed by atoms with Crippen molar-refractivity contribution in [1.82, 2.24) is 4.90 Å². The first-order valence-corrected chi connectivity index (χ1v) is 6.30. The van der Waals surface area contributed by atoms with E-state index in [0.717, 1.165) is 24.1 Å². The molecule has 13 heavy (non-hydrogen) atoms. The summed E-state index contributed by atoms with van der Waals surface area (Å²) in [6, 6.07) is 0. The maximum Gasteiger partial charge on any atom is 0.232 e.